The summed E-state index contributed by atoms with van der Waals surface area (Å²) in [5.41, 5.74) is 5.78. The molecule has 0 saturated carbocycles. The molecule has 1 aromatic heterocycles. The van der Waals surface area contributed by atoms with Crippen LogP contribution in [0.15, 0.2) is 4.52 Å². The van der Waals surface area contributed by atoms with Gasteiger partial charge in [0.1, 0.15) is 11.6 Å². The normalized spacial score (nSPS) is 10.2. The molecule has 4 nitrogen and oxygen atoms in total. The van der Waals surface area contributed by atoms with Crippen LogP contribution in [0.2, 0.25) is 0 Å². The predicted molar refractivity (Wildman–Crippen MR) is 44.2 cm³/mol. The van der Waals surface area contributed by atoms with Crippen molar-refractivity contribution in [2.75, 3.05) is 5.73 Å². The molecule has 0 saturated heterocycles. The summed E-state index contributed by atoms with van der Waals surface area (Å²) in [7, 11) is 0. The standard InChI is InChI=1S/C8H11N3O/c1-5(2)3-7-6(4-9)8(10)11-12-7/h5H,3H2,1-2H3,(H2,10,11). The lowest BCUT2D eigenvalue weighted by Crippen LogP contribution is -1.95. The highest BCUT2D eigenvalue weighted by molar-refractivity contribution is 5.49. The third-order valence-electron chi connectivity index (χ3n) is 1.49. The molecule has 1 rings (SSSR count). The number of anilines is 1. The maximum Gasteiger partial charge on any atom is 0.185 e. The molecule has 0 aromatic carbocycles. The van der Waals surface area contributed by atoms with Gasteiger partial charge in [-0.1, -0.05) is 19.0 Å². The van der Waals surface area contributed by atoms with E-state index < -0.39 is 0 Å². The number of nitrogens with zero attached hydrogens (tertiary/aromatic N) is 2. The number of hydrogen-bond acceptors (Lipinski definition) is 4. The second-order valence-electron chi connectivity index (χ2n) is 3.08. The van der Waals surface area contributed by atoms with Gasteiger partial charge in [0.2, 0.25) is 0 Å². The summed E-state index contributed by atoms with van der Waals surface area (Å²) in [6, 6.07) is 1.97. The molecule has 0 spiro atoms. The van der Waals surface area contributed by atoms with Crippen LogP contribution in [0, 0.1) is 17.2 Å². The van der Waals surface area contributed by atoms with Crippen LogP contribution in [0.25, 0.3) is 0 Å². The van der Waals surface area contributed by atoms with Crippen molar-refractivity contribution in [1.82, 2.24) is 5.16 Å². The number of aromatic nitrogens is 1. The molecule has 0 amide bonds. The maximum atomic E-state index is 8.67. The molecule has 12 heavy (non-hydrogen) atoms. The summed E-state index contributed by atoms with van der Waals surface area (Å²) >= 11 is 0. The SMILES string of the molecule is CC(C)Cc1onc(N)c1C#N. The summed E-state index contributed by atoms with van der Waals surface area (Å²) in [5.74, 6) is 1.21. The number of hydrogen-bond donors (Lipinski definition) is 1. The Morgan fingerprint density at radius 2 is 2.33 bits per heavy atom. The third-order valence-corrected chi connectivity index (χ3v) is 1.49. The fraction of sp³-hybridized carbons (Fsp3) is 0.500. The van der Waals surface area contributed by atoms with E-state index in [4.69, 9.17) is 15.5 Å². The largest absolute Gasteiger partial charge is 0.380 e. The van der Waals surface area contributed by atoms with Gasteiger partial charge in [0.05, 0.1) is 0 Å². The lowest BCUT2D eigenvalue weighted by molar-refractivity contribution is 0.370. The molecule has 0 aliphatic carbocycles. The molecule has 0 bridgehead atoms. The first-order valence-corrected chi connectivity index (χ1v) is 3.79. The fourth-order valence-corrected chi connectivity index (χ4v) is 0.968. The van der Waals surface area contributed by atoms with Crippen molar-refractivity contribution in [1.29, 1.82) is 5.26 Å². The van der Waals surface area contributed by atoms with E-state index in [-0.39, 0.29) is 5.82 Å². The Morgan fingerprint density at radius 3 is 2.83 bits per heavy atom. The van der Waals surface area contributed by atoms with Gasteiger partial charge in [0.25, 0.3) is 0 Å². The van der Waals surface area contributed by atoms with Crippen LogP contribution in [-0.2, 0) is 6.42 Å². The Labute approximate surface area is 71.0 Å². The molecule has 0 aliphatic heterocycles. The van der Waals surface area contributed by atoms with E-state index in [1.54, 1.807) is 0 Å². The fourth-order valence-electron chi connectivity index (χ4n) is 0.968. The van der Waals surface area contributed by atoms with Crippen LogP contribution in [0.3, 0.4) is 0 Å². The summed E-state index contributed by atoms with van der Waals surface area (Å²) in [6.07, 6.45) is 0.701. The second-order valence-corrected chi connectivity index (χ2v) is 3.08. The van der Waals surface area contributed by atoms with Gasteiger partial charge >= 0.3 is 0 Å². The molecule has 0 unspecified atom stereocenters. The third kappa shape index (κ3) is 1.56. The van der Waals surface area contributed by atoms with Gasteiger partial charge < -0.3 is 10.3 Å². The zero-order valence-corrected chi connectivity index (χ0v) is 7.16. The maximum absolute atomic E-state index is 8.67. The van der Waals surface area contributed by atoms with Crippen molar-refractivity contribution >= 4 is 5.82 Å². The van der Waals surface area contributed by atoms with E-state index >= 15 is 0 Å². The molecular formula is C8H11N3O. The molecule has 0 radical (unpaired) electrons. The zero-order chi connectivity index (χ0) is 9.14. The van der Waals surface area contributed by atoms with E-state index in [1.165, 1.54) is 0 Å². The number of nitriles is 1. The topological polar surface area (TPSA) is 75.8 Å². The summed E-state index contributed by atoms with van der Waals surface area (Å²) in [6.45, 7) is 4.08. The Balaban J connectivity index is 2.94. The molecule has 2 N–H and O–H groups in total. The van der Waals surface area contributed by atoms with Crippen molar-refractivity contribution in [3.05, 3.63) is 11.3 Å². The lowest BCUT2D eigenvalue weighted by Gasteiger charge is -1.98. The molecular weight excluding hydrogens is 154 g/mol. The monoisotopic (exact) mass is 165 g/mol. The highest BCUT2D eigenvalue weighted by Crippen LogP contribution is 2.17. The van der Waals surface area contributed by atoms with Crippen molar-refractivity contribution in [3.63, 3.8) is 0 Å². The number of rotatable bonds is 2. The lowest BCUT2D eigenvalue weighted by atomic mass is 10.1. The van der Waals surface area contributed by atoms with Crippen LogP contribution in [-0.4, -0.2) is 5.16 Å². The van der Waals surface area contributed by atoms with E-state index in [1.807, 2.05) is 19.9 Å². The molecule has 64 valence electrons. The average molecular weight is 165 g/mol. The van der Waals surface area contributed by atoms with Crippen LogP contribution < -0.4 is 5.73 Å². The van der Waals surface area contributed by atoms with E-state index in [0.29, 0.717) is 23.7 Å². The molecule has 0 fully saturated rings. The molecule has 0 aliphatic rings. The molecule has 1 heterocycles. The second kappa shape index (κ2) is 3.26. The highest BCUT2D eigenvalue weighted by Gasteiger charge is 2.13. The molecule has 0 atom stereocenters. The van der Waals surface area contributed by atoms with Gasteiger partial charge in [-0.05, 0) is 5.92 Å². The van der Waals surface area contributed by atoms with E-state index in [0.717, 1.165) is 0 Å². The van der Waals surface area contributed by atoms with Crippen LogP contribution in [0.5, 0.6) is 0 Å². The quantitative estimate of drug-likeness (QED) is 0.717. The van der Waals surface area contributed by atoms with Gasteiger partial charge in [0.15, 0.2) is 11.6 Å². The van der Waals surface area contributed by atoms with E-state index in [2.05, 4.69) is 5.16 Å². The Kier molecular flexibility index (Phi) is 2.34. The van der Waals surface area contributed by atoms with Crippen molar-refractivity contribution in [3.8, 4) is 6.07 Å². The molecule has 4 heteroatoms. The van der Waals surface area contributed by atoms with Crippen LogP contribution in [0.4, 0.5) is 5.82 Å². The minimum Gasteiger partial charge on any atom is -0.380 e. The van der Waals surface area contributed by atoms with Gasteiger partial charge in [-0.25, -0.2) is 0 Å². The average Bonchev–Trinajstić information content (AvgIpc) is 2.30. The smallest absolute Gasteiger partial charge is 0.185 e. The van der Waals surface area contributed by atoms with Gasteiger partial charge in [-0.15, -0.1) is 0 Å². The van der Waals surface area contributed by atoms with Gasteiger partial charge in [-0.3, -0.25) is 0 Å². The van der Waals surface area contributed by atoms with E-state index in [9.17, 15) is 0 Å². The summed E-state index contributed by atoms with van der Waals surface area (Å²) < 4.78 is 4.90. The molecule has 1 aromatic rings. The zero-order valence-electron chi connectivity index (χ0n) is 7.16. The van der Waals surface area contributed by atoms with Gasteiger partial charge in [0, 0.05) is 6.42 Å². The first kappa shape index (κ1) is 8.60. The van der Waals surface area contributed by atoms with Crippen molar-refractivity contribution < 1.29 is 4.52 Å². The summed E-state index contributed by atoms with van der Waals surface area (Å²) in [5, 5.41) is 12.2. The minimum absolute atomic E-state index is 0.188. The van der Waals surface area contributed by atoms with Crippen molar-refractivity contribution in [2.45, 2.75) is 20.3 Å². The van der Waals surface area contributed by atoms with Crippen LogP contribution in [0.1, 0.15) is 25.2 Å². The Bertz CT molecular complexity index is 309. The highest BCUT2D eigenvalue weighted by atomic mass is 16.5. The van der Waals surface area contributed by atoms with Crippen LogP contribution >= 0.6 is 0 Å². The predicted octanol–water partition coefficient (Wildman–Crippen LogP) is 1.33. The first-order chi connectivity index (χ1) is 5.65. The number of nitrogens with two attached hydrogens (primary N) is 1. The Hall–Kier alpha value is -1.50. The minimum atomic E-state index is 0.188. The Morgan fingerprint density at radius 1 is 1.67 bits per heavy atom. The van der Waals surface area contributed by atoms with Crippen molar-refractivity contribution in [2.24, 2.45) is 5.92 Å². The van der Waals surface area contributed by atoms with Gasteiger partial charge in [-0.2, -0.15) is 5.26 Å². The number of nitrogen functional groups attached to an aromatic ring is 1. The first-order valence-electron chi connectivity index (χ1n) is 3.79. The summed E-state index contributed by atoms with van der Waals surface area (Å²) in [4.78, 5) is 0.